The van der Waals surface area contributed by atoms with Crippen molar-refractivity contribution in [1.29, 1.82) is 0 Å². The highest BCUT2D eigenvalue weighted by Gasteiger charge is 2.55. The number of hydrogen-bond donors (Lipinski definition) is 4. The van der Waals surface area contributed by atoms with Crippen LogP contribution in [0.3, 0.4) is 0 Å². The van der Waals surface area contributed by atoms with Crippen LogP contribution >= 0.6 is 0 Å². The van der Waals surface area contributed by atoms with E-state index in [4.69, 9.17) is 0 Å². The van der Waals surface area contributed by atoms with Gasteiger partial charge in [0.1, 0.15) is 0 Å². The fraction of sp³-hybridized carbons (Fsp3) is 0.419. The standard InChI is InChI=1S/C31H30F7NO6/c1-2-15(7-16-4-5-24(42)23(32)8-16)3-6-25(43)26-17(13-40)9-21-27(22(26)14-41)29(45)39(28(21)44)20-11-18(30(33,34)35)10-19(12-20)31(36,37)38/h4-5,7-8,10-12,21-22,25,27,40-43H,2-3,6,9,13-14H2,1H3/b15-7+/t21-,22+,25-,27-/m1/s1. The van der Waals surface area contributed by atoms with Crippen molar-refractivity contribution < 1.29 is 60.7 Å². The van der Waals surface area contributed by atoms with Gasteiger partial charge in [0.15, 0.2) is 11.6 Å². The van der Waals surface area contributed by atoms with Crippen molar-refractivity contribution in [1.82, 2.24) is 0 Å². The molecular formula is C31H30F7NO6. The van der Waals surface area contributed by atoms with E-state index in [0.717, 1.165) is 11.6 Å². The van der Waals surface area contributed by atoms with E-state index in [-0.39, 0.29) is 53.5 Å². The van der Waals surface area contributed by atoms with Gasteiger partial charge in [0, 0.05) is 5.92 Å². The summed E-state index contributed by atoms with van der Waals surface area (Å²) in [6.07, 6.45) is -9.77. The van der Waals surface area contributed by atoms with Gasteiger partial charge in [-0.25, -0.2) is 9.29 Å². The molecule has 0 aromatic heterocycles. The number of aliphatic hydroxyl groups excluding tert-OH is 3. The average molecular weight is 646 g/mol. The number of alkyl halides is 6. The van der Waals surface area contributed by atoms with E-state index in [1.54, 1.807) is 6.08 Å². The molecule has 1 heterocycles. The van der Waals surface area contributed by atoms with Gasteiger partial charge in [0.2, 0.25) is 11.8 Å². The van der Waals surface area contributed by atoms with Crippen LogP contribution < -0.4 is 4.90 Å². The molecule has 45 heavy (non-hydrogen) atoms. The Morgan fingerprint density at radius 1 is 1.00 bits per heavy atom. The Bertz CT molecular complexity index is 1500. The molecule has 4 atom stereocenters. The van der Waals surface area contributed by atoms with Gasteiger partial charge < -0.3 is 20.4 Å². The van der Waals surface area contributed by atoms with Crippen molar-refractivity contribution in [3.8, 4) is 5.75 Å². The van der Waals surface area contributed by atoms with Crippen LogP contribution in [0.4, 0.5) is 36.4 Å². The zero-order chi connectivity index (χ0) is 33.4. The molecule has 14 heteroatoms. The molecule has 0 bridgehead atoms. The number of carbonyl (C=O) groups excluding carboxylic acids is 2. The Balaban J connectivity index is 1.65. The van der Waals surface area contributed by atoms with Gasteiger partial charge in [-0.15, -0.1) is 0 Å². The van der Waals surface area contributed by atoms with Crippen molar-refractivity contribution >= 4 is 23.6 Å². The van der Waals surface area contributed by atoms with Gasteiger partial charge in [0.25, 0.3) is 0 Å². The molecule has 2 aromatic rings. The second-order valence-electron chi connectivity index (χ2n) is 11.0. The first-order valence-corrected chi connectivity index (χ1v) is 14.0. The molecule has 244 valence electrons. The summed E-state index contributed by atoms with van der Waals surface area (Å²) in [5, 5.41) is 41.1. The first-order chi connectivity index (χ1) is 21.0. The van der Waals surface area contributed by atoms with Crippen molar-refractivity contribution in [2.45, 2.75) is 51.1 Å². The summed E-state index contributed by atoms with van der Waals surface area (Å²) in [6, 6.07) is 4.19. The number of benzene rings is 2. The molecule has 0 saturated carbocycles. The maximum atomic E-state index is 13.8. The van der Waals surface area contributed by atoms with Crippen LogP contribution in [0.1, 0.15) is 49.3 Å². The van der Waals surface area contributed by atoms with E-state index in [1.165, 1.54) is 12.1 Å². The number of anilines is 1. The third-order valence-electron chi connectivity index (χ3n) is 8.30. The minimum Gasteiger partial charge on any atom is -0.505 e. The number of carbonyl (C=O) groups is 2. The molecule has 2 amide bonds. The molecule has 0 spiro atoms. The highest BCUT2D eigenvalue weighted by atomic mass is 19.4. The fourth-order valence-electron chi connectivity index (χ4n) is 6.10. The van der Waals surface area contributed by atoms with Gasteiger partial charge >= 0.3 is 12.4 Å². The summed E-state index contributed by atoms with van der Waals surface area (Å²) in [5.74, 6) is -7.59. The molecule has 1 saturated heterocycles. The van der Waals surface area contributed by atoms with Crippen LogP contribution in [0.5, 0.6) is 5.75 Å². The van der Waals surface area contributed by atoms with Crippen LogP contribution in [0.2, 0.25) is 0 Å². The highest BCUT2D eigenvalue weighted by molar-refractivity contribution is 6.22. The van der Waals surface area contributed by atoms with Gasteiger partial charge in [-0.05, 0) is 72.7 Å². The summed E-state index contributed by atoms with van der Waals surface area (Å²) < 4.78 is 94.7. The monoisotopic (exact) mass is 645 g/mol. The van der Waals surface area contributed by atoms with Gasteiger partial charge in [-0.3, -0.25) is 9.59 Å². The Morgan fingerprint density at radius 2 is 1.62 bits per heavy atom. The molecule has 4 rings (SSSR count). The van der Waals surface area contributed by atoms with Crippen molar-refractivity contribution in [2.24, 2.45) is 17.8 Å². The zero-order valence-corrected chi connectivity index (χ0v) is 23.8. The first kappa shape index (κ1) is 34.1. The highest BCUT2D eigenvalue weighted by Crippen LogP contribution is 2.48. The number of nitrogens with zero attached hydrogens (tertiary/aromatic N) is 1. The maximum Gasteiger partial charge on any atom is 0.416 e. The number of allylic oxidation sites excluding steroid dienone is 1. The SMILES string of the molecule is CC/C(=C\c1ccc(O)c(F)c1)CC[C@@H](O)C1=C(CO)C[C@H]2C(=O)N(c3cc(C(F)(F)F)cc(C(F)(F)F)c3)C(=O)[C@H]2[C@H]1CO. The predicted octanol–water partition coefficient (Wildman–Crippen LogP) is 5.61. The normalized spacial score (nSPS) is 21.9. The summed E-state index contributed by atoms with van der Waals surface area (Å²) in [6.45, 7) is 0.298. The lowest BCUT2D eigenvalue weighted by Gasteiger charge is -2.36. The molecular weight excluding hydrogens is 615 g/mol. The summed E-state index contributed by atoms with van der Waals surface area (Å²) in [5.41, 5.74) is -3.00. The van der Waals surface area contributed by atoms with Gasteiger partial charge in [-0.2, -0.15) is 26.3 Å². The van der Waals surface area contributed by atoms with Crippen LogP contribution in [0.15, 0.2) is 53.1 Å². The molecule has 4 N–H and O–H groups in total. The third-order valence-corrected chi connectivity index (χ3v) is 8.30. The number of fused-ring (bicyclic) bond motifs is 1. The lowest BCUT2D eigenvalue weighted by Crippen LogP contribution is -2.39. The van der Waals surface area contributed by atoms with E-state index in [9.17, 15) is 60.7 Å². The zero-order valence-electron chi connectivity index (χ0n) is 23.8. The molecule has 1 fully saturated rings. The maximum absolute atomic E-state index is 13.8. The van der Waals surface area contributed by atoms with Crippen LogP contribution in [-0.4, -0.2) is 51.6 Å². The third kappa shape index (κ3) is 6.92. The van der Waals surface area contributed by atoms with E-state index in [0.29, 0.717) is 12.0 Å². The number of aliphatic hydroxyl groups is 3. The van der Waals surface area contributed by atoms with Crippen LogP contribution in [0.25, 0.3) is 6.08 Å². The number of halogens is 7. The molecule has 1 aliphatic heterocycles. The molecule has 2 aliphatic rings. The summed E-state index contributed by atoms with van der Waals surface area (Å²) >= 11 is 0. The number of amides is 2. The van der Waals surface area contributed by atoms with Crippen LogP contribution in [-0.2, 0) is 21.9 Å². The Labute approximate surface area is 252 Å². The van der Waals surface area contributed by atoms with Crippen LogP contribution in [0, 0.1) is 23.6 Å². The van der Waals surface area contributed by atoms with Crippen molar-refractivity contribution in [3.63, 3.8) is 0 Å². The molecule has 0 radical (unpaired) electrons. The van der Waals surface area contributed by atoms with Crippen molar-refractivity contribution in [3.05, 3.63) is 75.6 Å². The minimum absolute atomic E-state index is 0.00137. The smallest absolute Gasteiger partial charge is 0.416 e. The molecule has 7 nitrogen and oxygen atoms in total. The second kappa shape index (κ2) is 12.9. The average Bonchev–Trinajstić information content (AvgIpc) is 3.23. The van der Waals surface area contributed by atoms with Gasteiger partial charge in [0.05, 0.1) is 48.0 Å². The minimum atomic E-state index is -5.23. The van der Waals surface area contributed by atoms with Gasteiger partial charge in [-0.1, -0.05) is 24.6 Å². The number of hydrogen-bond acceptors (Lipinski definition) is 6. The predicted molar refractivity (Wildman–Crippen MR) is 147 cm³/mol. The topological polar surface area (TPSA) is 118 Å². The molecule has 2 aromatic carbocycles. The number of phenols is 1. The van der Waals surface area contributed by atoms with E-state index >= 15 is 0 Å². The largest absolute Gasteiger partial charge is 0.505 e. The lowest BCUT2D eigenvalue weighted by atomic mass is 9.68. The van der Waals surface area contributed by atoms with Crippen molar-refractivity contribution in [2.75, 3.05) is 18.1 Å². The Morgan fingerprint density at radius 3 is 2.13 bits per heavy atom. The Kier molecular flexibility index (Phi) is 9.81. The Hall–Kier alpha value is -3.75. The molecule has 1 aliphatic carbocycles. The first-order valence-electron chi connectivity index (χ1n) is 14.0. The summed E-state index contributed by atoms with van der Waals surface area (Å²) in [4.78, 5) is 27.2. The number of imide groups is 1. The number of rotatable bonds is 9. The van der Waals surface area contributed by atoms with E-state index < -0.39 is 89.6 Å². The van der Waals surface area contributed by atoms with E-state index in [2.05, 4.69) is 0 Å². The second-order valence-corrected chi connectivity index (χ2v) is 11.0. The molecule has 0 unspecified atom stereocenters. The summed E-state index contributed by atoms with van der Waals surface area (Å²) in [7, 11) is 0. The van der Waals surface area contributed by atoms with E-state index in [1.807, 2.05) is 6.92 Å². The number of phenolic OH excluding ortho intramolecular Hbond substituents is 1. The number of aromatic hydroxyl groups is 1. The quantitative estimate of drug-likeness (QED) is 0.160. The fourth-order valence-corrected chi connectivity index (χ4v) is 6.10. The lowest BCUT2D eigenvalue weighted by molar-refractivity contribution is -0.143.